The van der Waals surface area contributed by atoms with Crippen LogP contribution in [0.5, 0.6) is 0 Å². The predicted molar refractivity (Wildman–Crippen MR) is 58.6 cm³/mol. The number of H-pyrrole nitrogens is 1. The van der Waals surface area contributed by atoms with Crippen LogP contribution in [0.25, 0.3) is 17.0 Å². The predicted octanol–water partition coefficient (Wildman–Crippen LogP) is 2.61. The average Bonchev–Trinajstić information content (AvgIpc) is 2.58. The van der Waals surface area contributed by atoms with Gasteiger partial charge in [-0.15, -0.1) is 0 Å². The van der Waals surface area contributed by atoms with E-state index in [1.807, 2.05) is 30.5 Å². The Morgan fingerprint density at radius 2 is 2.14 bits per heavy atom. The van der Waals surface area contributed by atoms with Gasteiger partial charge < -0.3 is 9.88 Å². The number of fused-ring (bicyclic) bond motifs is 1. The Balaban J connectivity index is 2.48. The number of aromatic nitrogens is 1. The molecule has 0 spiro atoms. The zero-order valence-electron chi connectivity index (χ0n) is 7.40. The molecule has 1 aromatic heterocycles. The van der Waals surface area contributed by atoms with Gasteiger partial charge in [-0.1, -0.05) is 18.2 Å². The number of aromatic amines is 1. The monoisotopic (exact) mass is 207 g/mol. The maximum absolute atomic E-state index is 10.5. The van der Waals surface area contributed by atoms with E-state index in [0.29, 0.717) is 0 Å². The molecule has 72 valence electrons. The molecule has 0 aliphatic rings. The summed E-state index contributed by atoms with van der Waals surface area (Å²) in [6, 6.07) is 7.82. The third kappa shape index (κ3) is 1.79. The molecule has 2 N–H and O–H groups in total. The summed E-state index contributed by atoms with van der Waals surface area (Å²) in [4.78, 5) is 11.8. The van der Waals surface area contributed by atoms with E-state index < -0.39 is 8.03 Å². The number of hydrogen-bond donors (Lipinski definition) is 2. The van der Waals surface area contributed by atoms with Crippen molar-refractivity contribution in [1.29, 1.82) is 0 Å². The molecule has 1 aromatic carbocycles. The van der Waals surface area contributed by atoms with E-state index in [1.54, 1.807) is 6.08 Å². The van der Waals surface area contributed by atoms with Gasteiger partial charge in [0.1, 0.15) is 0 Å². The standard InChI is InChI=1S/C10H10NO2P/c12-14(13)6-5-8-7-11-10-4-2-1-3-9(8)10/h1-7,11,14H,(H,12,13)/b6-5+. The Bertz CT molecular complexity index is 502. The molecular formula is C10H10NO2P. The summed E-state index contributed by atoms with van der Waals surface area (Å²) in [6.07, 6.45) is 3.49. The number of benzene rings is 1. The summed E-state index contributed by atoms with van der Waals surface area (Å²) in [5, 5.41) is 1.06. The van der Waals surface area contributed by atoms with Crippen LogP contribution in [0.15, 0.2) is 36.3 Å². The Kier molecular flexibility index (Phi) is 2.53. The summed E-state index contributed by atoms with van der Waals surface area (Å²) in [6.45, 7) is 0. The van der Waals surface area contributed by atoms with Gasteiger partial charge in [0, 0.05) is 17.1 Å². The third-order valence-electron chi connectivity index (χ3n) is 2.03. The first-order valence-corrected chi connectivity index (χ1v) is 5.68. The van der Waals surface area contributed by atoms with Crippen molar-refractivity contribution in [3.8, 4) is 0 Å². The van der Waals surface area contributed by atoms with Gasteiger partial charge in [-0.25, -0.2) is 0 Å². The molecule has 0 aliphatic heterocycles. The van der Waals surface area contributed by atoms with E-state index in [9.17, 15) is 4.57 Å². The van der Waals surface area contributed by atoms with Crippen LogP contribution in [0.4, 0.5) is 0 Å². The van der Waals surface area contributed by atoms with Crippen molar-refractivity contribution in [3.05, 3.63) is 41.8 Å². The van der Waals surface area contributed by atoms with Gasteiger partial charge in [0.2, 0.25) is 8.03 Å². The van der Waals surface area contributed by atoms with E-state index in [1.165, 1.54) is 5.82 Å². The zero-order chi connectivity index (χ0) is 9.97. The van der Waals surface area contributed by atoms with Gasteiger partial charge >= 0.3 is 0 Å². The number of hydrogen-bond acceptors (Lipinski definition) is 1. The highest BCUT2D eigenvalue weighted by molar-refractivity contribution is 7.41. The summed E-state index contributed by atoms with van der Waals surface area (Å²) >= 11 is 0. The normalized spacial score (nSPS) is 13.8. The fourth-order valence-electron chi connectivity index (χ4n) is 1.39. The molecule has 3 nitrogen and oxygen atoms in total. The lowest BCUT2D eigenvalue weighted by Crippen LogP contribution is -1.66. The highest BCUT2D eigenvalue weighted by Crippen LogP contribution is 2.22. The molecule has 0 bridgehead atoms. The fourth-order valence-corrected chi connectivity index (χ4v) is 1.72. The van der Waals surface area contributed by atoms with E-state index in [4.69, 9.17) is 4.89 Å². The van der Waals surface area contributed by atoms with Crippen molar-refractivity contribution in [3.63, 3.8) is 0 Å². The highest BCUT2D eigenvalue weighted by atomic mass is 31.1. The topological polar surface area (TPSA) is 53.1 Å². The lowest BCUT2D eigenvalue weighted by Gasteiger charge is -1.89. The van der Waals surface area contributed by atoms with Crippen LogP contribution in [0.3, 0.4) is 0 Å². The van der Waals surface area contributed by atoms with Gasteiger partial charge in [-0.05, 0) is 23.5 Å². The summed E-state index contributed by atoms with van der Waals surface area (Å²) in [5.74, 6) is 1.32. The van der Waals surface area contributed by atoms with Crippen LogP contribution in [-0.4, -0.2) is 9.88 Å². The van der Waals surface area contributed by atoms with Crippen molar-refractivity contribution in [2.75, 3.05) is 0 Å². The molecule has 2 aromatic rings. The van der Waals surface area contributed by atoms with Gasteiger partial charge in [0.05, 0.1) is 0 Å². The molecule has 0 saturated carbocycles. The number of para-hydroxylation sites is 1. The molecule has 1 atom stereocenters. The first kappa shape index (κ1) is 9.25. The molecule has 14 heavy (non-hydrogen) atoms. The first-order valence-electron chi connectivity index (χ1n) is 4.24. The molecule has 1 heterocycles. The van der Waals surface area contributed by atoms with Gasteiger partial charge in [-0.2, -0.15) is 0 Å². The second-order valence-electron chi connectivity index (χ2n) is 2.96. The van der Waals surface area contributed by atoms with Gasteiger partial charge in [0.25, 0.3) is 0 Å². The van der Waals surface area contributed by atoms with Crippen LogP contribution in [0.1, 0.15) is 5.56 Å². The van der Waals surface area contributed by atoms with E-state index in [0.717, 1.165) is 16.5 Å². The quantitative estimate of drug-likeness (QED) is 0.743. The van der Waals surface area contributed by atoms with Gasteiger partial charge in [0.15, 0.2) is 0 Å². The van der Waals surface area contributed by atoms with Crippen molar-refractivity contribution < 1.29 is 9.46 Å². The maximum Gasteiger partial charge on any atom is 0.211 e. The molecule has 0 saturated heterocycles. The summed E-state index contributed by atoms with van der Waals surface area (Å²) in [5.41, 5.74) is 1.97. The van der Waals surface area contributed by atoms with Crippen LogP contribution >= 0.6 is 8.03 Å². The minimum atomic E-state index is -2.52. The zero-order valence-corrected chi connectivity index (χ0v) is 8.40. The Morgan fingerprint density at radius 1 is 1.36 bits per heavy atom. The molecule has 2 rings (SSSR count). The largest absolute Gasteiger partial charge is 0.361 e. The van der Waals surface area contributed by atoms with Crippen molar-refractivity contribution >= 4 is 25.0 Å². The Morgan fingerprint density at radius 3 is 2.93 bits per heavy atom. The van der Waals surface area contributed by atoms with Crippen molar-refractivity contribution in [2.45, 2.75) is 0 Å². The molecule has 1 unspecified atom stereocenters. The lowest BCUT2D eigenvalue weighted by atomic mass is 10.2. The molecule has 0 aliphatic carbocycles. The van der Waals surface area contributed by atoms with E-state index in [2.05, 4.69) is 4.98 Å². The smallest absolute Gasteiger partial charge is 0.211 e. The Labute approximate surface area is 81.9 Å². The SMILES string of the molecule is O=[PH](O)/C=C/c1c[nH]c2ccccc12. The number of nitrogens with one attached hydrogen (secondary N) is 1. The van der Waals surface area contributed by atoms with Crippen LogP contribution in [-0.2, 0) is 4.57 Å². The van der Waals surface area contributed by atoms with Crippen LogP contribution in [0, 0.1) is 0 Å². The average molecular weight is 207 g/mol. The highest BCUT2D eigenvalue weighted by Gasteiger charge is 1.98. The molecular weight excluding hydrogens is 197 g/mol. The molecule has 0 radical (unpaired) electrons. The van der Waals surface area contributed by atoms with E-state index >= 15 is 0 Å². The number of rotatable bonds is 2. The first-order chi connectivity index (χ1) is 6.77. The minimum Gasteiger partial charge on any atom is -0.361 e. The molecule has 0 amide bonds. The lowest BCUT2D eigenvalue weighted by molar-refractivity contribution is 0.513. The van der Waals surface area contributed by atoms with Crippen molar-refractivity contribution in [1.82, 2.24) is 4.98 Å². The minimum absolute atomic E-state index is 0.938. The Hall–Kier alpha value is -1.31. The van der Waals surface area contributed by atoms with Gasteiger partial charge in [-0.3, -0.25) is 4.57 Å². The van der Waals surface area contributed by atoms with Crippen LogP contribution < -0.4 is 0 Å². The van der Waals surface area contributed by atoms with Crippen LogP contribution in [0.2, 0.25) is 0 Å². The van der Waals surface area contributed by atoms with Crippen molar-refractivity contribution in [2.24, 2.45) is 0 Å². The molecule has 4 heteroatoms. The molecule has 0 fully saturated rings. The maximum atomic E-state index is 10.5. The van der Waals surface area contributed by atoms with E-state index in [-0.39, 0.29) is 0 Å². The second-order valence-corrected chi connectivity index (χ2v) is 3.97. The summed E-state index contributed by atoms with van der Waals surface area (Å²) < 4.78 is 10.5. The third-order valence-corrected chi connectivity index (χ3v) is 2.48. The second kappa shape index (κ2) is 3.82. The summed E-state index contributed by atoms with van der Waals surface area (Å²) in [7, 11) is -2.52. The fraction of sp³-hybridized carbons (Fsp3) is 0.